The number of carbonyl (C=O) groups excluding carboxylic acids is 7. The van der Waals surface area contributed by atoms with E-state index < -0.39 is 14.6 Å². The van der Waals surface area contributed by atoms with Crippen molar-refractivity contribution >= 4 is 51.1 Å². The Kier molecular flexibility index (Phi) is 45.3. The predicted molar refractivity (Wildman–Crippen MR) is 295 cm³/mol. The number of amides is 2. The lowest BCUT2D eigenvalue weighted by Crippen LogP contribution is -2.39. The van der Waals surface area contributed by atoms with Crippen molar-refractivity contribution in [2.24, 2.45) is 26.7 Å². The molecule has 0 aliphatic rings. The molecule has 14 heteroatoms. The van der Waals surface area contributed by atoms with Crippen LogP contribution in [0.3, 0.4) is 0 Å². The van der Waals surface area contributed by atoms with Crippen molar-refractivity contribution in [3.63, 3.8) is 0 Å². The van der Waals surface area contributed by atoms with Gasteiger partial charge in [0, 0.05) is 53.0 Å². The van der Waals surface area contributed by atoms with E-state index in [4.69, 9.17) is 4.74 Å². The molecule has 0 aliphatic heterocycles. The Balaban J connectivity index is -0.0000000841. The number of sulfone groups is 1. The zero-order chi connectivity index (χ0) is 58.8. The number of rotatable bonds is 4. The van der Waals surface area contributed by atoms with Gasteiger partial charge in [-0.25, -0.2) is 18.2 Å². The molecule has 0 radical (unpaired) electrons. The average Bonchev–Trinajstić information content (AvgIpc) is 3.03. The number of isocyanates is 1. The molecule has 0 fully saturated rings. The molecule has 13 nitrogen and oxygen atoms in total. The molecular weight excluding hydrogens is 895 g/mol. The summed E-state index contributed by atoms with van der Waals surface area (Å²) in [5.41, 5.74) is -0.818. The highest BCUT2D eigenvalue weighted by Gasteiger charge is 2.25. The molecule has 0 bridgehead atoms. The Labute approximate surface area is 425 Å². The lowest BCUT2D eigenvalue weighted by molar-refractivity contribution is -0.152. The van der Waals surface area contributed by atoms with Gasteiger partial charge in [-0.1, -0.05) is 117 Å². The second kappa shape index (κ2) is 36.8. The molecular formula is C55H109N3O10S. The van der Waals surface area contributed by atoms with E-state index >= 15 is 0 Å². The first-order valence-electron chi connectivity index (χ1n) is 23.2. The number of nitrogens with zero attached hydrogens (tertiary/aromatic N) is 1. The Bertz CT molecular complexity index is 1630. The van der Waals surface area contributed by atoms with Gasteiger partial charge in [-0.15, -0.1) is 0 Å². The zero-order valence-electron chi connectivity index (χ0n) is 50.5. The maximum Gasteiger partial charge on any atom is 0.303 e. The van der Waals surface area contributed by atoms with E-state index in [1.165, 1.54) is 32.1 Å². The van der Waals surface area contributed by atoms with Gasteiger partial charge in [0.05, 0.1) is 10.3 Å². The summed E-state index contributed by atoms with van der Waals surface area (Å²) in [4.78, 5) is 76.2. The summed E-state index contributed by atoms with van der Waals surface area (Å²) >= 11 is 0. The van der Waals surface area contributed by atoms with E-state index in [0.717, 1.165) is 5.41 Å². The number of ether oxygens (including phenoxy) is 1. The summed E-state index contributed by atoms with van der Waals surface area (Å²) in [5, 5.41) is 6.45. The number of aliphatic imine (C=N–C) groups is 1. The molecule has 0 atom stereocenters. The molecule has 0 aromatic heterocycles. The first kappa shape index (κ1) is 84.9. The molecule has 2 amide bonds. The molecule has 0 rings (SSSR count). The number of esters is 1. The predicted octanol–water partition coefficient (Wildman–Crippen LogP) is 13.3. The first-order chi connectivity index (χ1) is 29.6. The number of allylic oxidation sites excluding steroid dienone is 1. The maximum atomic E-state index is 10.9. The molecule has 410 valence electrons. The van der Waals surface area contributed by atoms with Gasteiger partial charge in [0.1, 0.15) is 17.2 Å². The fraction of sp³-hybridized carbons (Fsp3) is 0.764. The third kappa shape index (κ3) is 94.6. The number of hydrogen-bond acceptors (Lipinski definition) is 11. The molecule has 0 aromatic carbocycles. The number of nitrogens with one attached hydrogen (secondary N) is 2. The standard InChI is InChI=1S/C7H13NO.C7H14O.C7H12O.C6H13NO.C6H12O2S.C6H12O2.C6H12O.C5H9NO.C5H12/c1-5-6(9)8-7(2,3)4;2*1-5-6(8)7(2,3)4;1-5(8)7-6(2,3)4;1-5-9(7,8)6(2,3)4;1-5(7)8-6(2,3)4;1-5(7)6(2,3)4;1-5(2,3)6-4-7;1-5(2,3)4/h5H,1H2,2-4H3,(H,8,9);5H2,1-4H3;5H,1H2,2-4H3;1-4H3,(H,7,8);5H,1H2,2-4H3;1-4H3;1-4H3;1-3H3;1-4H3. The quantitative estimate of drug-likeness (QED) is 0.118. The van der Waals surface area contributed by atoms with Crippen LogP contribution in [0.5, 0.6) is 0 Å². The molecule has 0 heterocycles. The van der Waals surface area contributed by atoms with Crippen LogP contribution in [0.1, 0.15) is 228 Å². The van der Waals surface area contributed by atoms with Gasteiger partial charge >= 0.3 is 5.97 Å². The highest BCUT2D eigenvalue weighted by Crippen LogP contribution is 2.17. The minimum Gasteiger partial charge on any atom is -0.460 e. The largest absolute Gasteiger partial charge is 0.460 e. The van der Waals surface area contributed by atoms with Crippen LogP contribution in [-0.4, -0.2) is 76.6 Å². The van der Waals surface area contributed by atoms with Gasteiger partial charge < -0.3 is 15.4 Å². The van der Waals surface area contributed by atoms with Crippen LogP contribution in [0, 0.1) is 21.7 Å². The molecule has 0 spiro atoms. The van der Waals surface area contributed by atoms with Crippen molar-refractivity contribution in [1.82, 2.24) is 10.6 Å². The van der Waals surface area contributed by atoms with E-state index in [0.29, 0.717) is 17.6 Å². The van der Waals surface area contributed by atoms with E-state index in [1.54, 1.807) is 27.7 Å². The van der Waals surface area contributed by atoms with Crippen LogP contribution < -0.4 is 10.6 Å². The van der Waals surface area contributed by atoms with Gasteiger partial charge in [0.25, 0.3) is 0 Å². The second-order valence-electron chi connectivity index (χ2n) is 25.4. The fourth-order valence-electron chi connectivity index (χ4n) is 2.60. The summed E-state index contributed by atoms with van der Waals surface area (Å²) < 4.78 is 25.9. The van der Waals surface area contributed by atoms with Crippen molar-refractivity contribution in [3.8, 4) is 0 Å². The Morgan fingerprint density at radius 3 is 0.899 bits per heavy atom. The monoisotopic (exact) mass is 1000 g/mol. The maximum absolute atomic E-state index is 10.9. The van der Waals surface area contributed by atoms with Crippen LogP contribution in [0.25, 0.3) is 0 Å². The van der Waals surface area contributed by atoms with Gasteiger partial charge in [-0.05, 0) is 128 Å². The molecule has 0 aromatic rings. The smallest absolute Gasteiger partial charge is 0.303 e. The fourth-order valence-corrected chi connectivity index (χ4v) is 3.10. The average molecular weight is 1000 g/mol. The van der Waals surface area contributed by atoms with Gasteiger partial charge in [-0.2, -0.15) is 0 Å². The SMILES string of the molecule is C=CC(=O)C(C)(C)C.C=CC(=O)NC(C)(C)C.C=CS(=O)(=O)C(C)(C)C.CC(=O)C(C)(C)C.CC(=O)NC(C)(C)C.CC(=O)OC(C)(C)C.CC(C)(C)C.CC(C)(C)N=C=O.CCC(=O)C(C)(C)C. The number of carbonyl (C=O) groups is 6. The van der Waals surface area contributed by atoms with Crippen LogP contribution >= 0.6 is 0 Å². The molecule has 0 unspecified atom stereocenters. The normalized spacial score (nSPS) is 11.3. The molecule has 0 saturated carbocycles. The van der Waals surface area contributed by atoms with Crippen LogP contribution in [0.2, 0.25) is 0 Å². The van der Waals surface area contributed by atoms with Crippen molar-refractivity contribution in [2.75, 3.05) is 0 Å². The molecule has 0 saturated heterocycles. The van der Waals surface area contributed by atoms with Crippen molar-refractivity contribution in [1.29, 1.82) is 0 Å². The summed E-state index contributed by atoms with van der Waals surface area (Å²) in [5.74, 6) is 0.347. The number of Topliss-reactive ketones (excluding diaryl/α,β-unsaturated/α-hetero) is 2. The highest BCUT2D eigenvalue weighted by atomic mass is 32.2. The minimum absolute atomic E-state index is 0.0255. The Morgan fingerprint density at radius 1 is 0.565 bits per heavy atom. The van der Waals surface area contributed by atoms with Crippen LogP contribution in [0.15, 0.2) is 42.3 Å². The minimum atomic E-state index is -3.07. The Hall–Kier alpha value is -4.03. The molecule has 2 N–H and O–H groups in total. The summed E-state index contributed by atoms with van der Waals surface area (Å²) in [6.07, 6.45) is 4.77. The van der Waals surface area contributed by atoms with Crippen molar-refractivity contribution in [2.45, 2.75) is 255 Å². The zero-order valence-corrected chi connectivity index (χ0v) is 51.3. The molecule has 0 aliphatic carbocycles. The highest BCUT2D eigenvalue weighted by molar-refractivity contribution is 7.95. The molecule has 69 heavy (non-hydrogen) atoms. The van der Waals surface area contributed by atoms with E-state index in [2.05, 4.69) is 63.1 Å². The van der Waals surface area contributed by atoms with Crippen LogP contribution in [-0.2, 0) is 48.1 Å². The van der Waals surface area contributed by atoms with E-state index in [-0.39, 0.29) is 67.8 Å². The lowest BCUT2D eigenvalue weighted by atomic mass is 9.90. The third-order valence-electron chi connectivity index (χ3n) is 6.28. The second-order valence-corrected chi connectivity index (χ2v) is 28.1. The number of hydrogen-bond donors (Lipinski definition) is 2. The van der Waals surface area contributed by atoms with Crippen molar-refractivity contribution in [3.05, 3.63) is 37.3 Å². The topological polar surface area (TPSA) is 199 Å². The Morgan fingerprint density at radius 2 is 0.884 bits per heavy atom. The van der Waals surface area contributed by atoms with Gasteiger partial charge in [-0.3, -0.25) is 28.8 Å². The summed E-state index contributed by atoms with van der Waals surface area (Å²) in [6, 6.07) is 0. The van der Waals surface area contributed by atoms with Gasteiger partial charge in [0.15, 0.2) is 15.6 Å². The summed E-state index contributed by atoms with van der Waals surface area (Å²) in [6.45, 7) is 69.9. The van der Waals surface area contributed by atoms with Crippen LogP contribution in [0.4, 0.5) is 0 Å². The van der Waals surface area contributed by atoms with Gasteiger partial charge in [0.2, 0.25) is 17.9 Å². The van der Waals surface area contributed by atoms with E-state index in [9.17, 15) is 42.0 Å². The van der Waals surface area contributed by atoms with E-state index in [1.807, 2.05) is 152 Å². The van der Waals surface area contributed by atoms with Crippen molar-refractivity contribution < 1.29 is 46.7 Å². The first-order valence-corrected chi connectivity index (χ1v) is 24.7. The lowest BCUT2D eigenvalue weighted by Gasteiger charge is -2.18. The summed E-state index contributed by atoms with van der Waals surface area (Å²) in [7, 11) is -3.07. The third-order valence-corrected chi connectivity index (χ3v) is 8.42. The number of ketones is 3.